The smallest absolute Gasteiger partial charge is 0.411 e. The Hall–Kier alpha value is -4.00. The second-order valence-electron chi connectivity index (χ2n) is 8.47. The molecule has 36 heavy (non-hydrogen) atoms. The molecule has 8 heteroatoms. The summed E-state index contributed by atoms with van der Waals surface area (Å²) in [5.74, 6) is 0. The molecule has 0 radical (unpaired) electrons. The van der Waals surface area contributed by atoms with Crippen LogP contribution in [0.15, 0.2) is 78.9 Å². The van der Waals surface area contributed by atoms with Crippen LogP contribution in [0.25, 0.3) is 21.8 Å². The molecular formula is C28H22Cl2N4O2. The van der Waals surface area contributed by atoms with Crippen molar-refractivity contribution in [3.8, 4) is 0 Å². The molecule has 1 heterocycles. The van der Waals surface area contributed by atoms with E-state index < -0.39 is 6.09 Å². The number of aryl methyl sites for hydroxylation is 1. The molecule has 0 unspecified atom stereocenters. The van der Waals surface area contributed by atoms with Crippen molar-refractivity contribution in [2.45, 2.75) is 13.5 Å². The van der Waals surface area contributed by atoms with Crippen LogP contribution in [-0.4, -0.2) is 11.1 Å². The van der Waals surface area contributed by atoms with Crippen LogP contribution in [0.4, 0.5) is 27.5 Å². The summed E-state index contributed by atoms with van der Waals surface area (Å²) in [5, 5.41) is 8.99. The van der Waals surface area contributed by atoms with Crippen molar-refractivity contribution in [1.82, 2.24) is 4.98 Å². The van der Waals surface area contributed by atoms with Gasteiger partial charge in [-0.25, -0.2) is 9.78 Å². The first-order chi connectivity index (χ1) is 17.3. The molecule has 0 aliphatic heterocycles. The van der Waals surface area contributed by atoms with Crippen molar-refractivity contribution in [2.75, 3.05) is 16.4 Å². The normalized spacial score (nSPS) is 11.0. The minimum Gasteiger partial charge on any atom is -0.444 e. The van der Waals surface area contributed by atoms with Crippen LogP contribution in [0.1, 0.15) is 11.1 Å². The van der Waals surface area contributed by atoms with Crippen LogP contribution in [0.5, 0.6) is 0 Å². The van der Waals surface area contributed by atoms with E-state index in [0.29, 0.717) is 21.4 Å². The van der Waals surface area contributed by atoms with Crippen molar-refractivity contribution in [3.63, 3.8) is 0 Å². The van der Waals surface area contributed by atoms with Crippen molar-refractivity contribution in [3.05, 3.63) is 100 Å². The SMILES string of the molecule is Cc1ccc2nc3ccccc3c(Nc3cc(N)cc(COC(=O)Nc4cc(Cl)cc(Cl)c4)c3)c2c1. The second-order valence-corrected chi connectivity index (χ2v) is 9.34. The number of rotatable bonds is 5. The van der Waals surface area contributed by atoms with Gasteiger partial charge in [0, 0.05) is 37.9 Å². The summed E-state index contributed by atoms with van der Waals surface area (Å²) in [7, 11) is 0. The van der Waals surface area contributed by atoms with Gasteiger partial charge >= 0.3 is 6.09 Å². The van der Waals surface area contributed by atoms with Crippen molar-refractivity contribution in [2.24, 2.45) is 0 Å². The summed E-state index contributed by atoms with van der Waals surface area (Å²) in [6.45, 7) is 2.08. The Morgan fingerprint density at radius 1 is 0.889 bits per heavy atom. The maximum Gasteiger partial charge on any atom is 0.411 e. The van der Waals surface area contributed by atoms with E-state index in [1.54, 1.807) is 24.3 Å². The van der Waals surface area contributed by atoms with Crippen LogP contribution < -0.4 is 16.4 Å². The van der Waals surface area contributed by atoms with Crippen LogP contribution in [0, 0.1) is 6.92 Å². The summed E-state index contributed by atoms with van der Waals surface area (Å²) in [6.07, 6.45) is -0.633. The highest BCUT2D eigenvalue weighted by atomic mass is 35.5. The molecule has 0 aliphatic rings. The maximum absolute atomic E-state index is 12.3. The molecule has 0 saturated heterocycles. The number of aromatic nitrogens is 1. The zero-order valence-corrected chi connectivity index (χ0v) is 20.8. The summed E-state index contributed by atoms with van der Waals surface area (Å²) >= 11 is 12.0. The number of halogens is 2. The van der Waals surface area contributed by atoms with E-state index in [9.17, 15) is 4.79 Å². The number of amides is 1. The Morgan fingerprint density at radius 2 is 1.64 bits per heavy atom. The number of pyridine rings is 1. The predicted molar refractivity (Wildman–Crippen MR) is 148 cm³/mol. The van der Waals surface area contributed by atoms with Gasteiger partial charge in [0.1, 0.15) is 6.61 Å². The number of ether oxygens (including phenoxy) is 1. The standard InChI is InChI=1S/C28H22Cl2N4O2/c1-16-6-7-26-24(8-16)27(23-4-2-3-5-25(23)34-26)32-21-10-17(9-20(31)14-21)15-36-28(35)33-22-12-18(29)11-19(30)13-22/h2-14H,15,31H2,1H3,(H,32,34)(H,33,35). The molecule has 5 rings (SSSR count). The third-order valence-electron chi connectivity index (χ3n) is 5.60. The molecule has 4 N–H and O–H groups in total. The highest BCUT2D eigenvalue weighted by molar-refractivity contribution is 6.35. The highest BCUT2D eigenvalue weighted by Gasteiger charge is 2.12. The molecular weight excluding hydrogens is 495 g/mol. The van der Waals surface area contributed by atoms with E-state index in [0.717, 1.165) is 44.3 Å². The van der Waals surface area contributed by atoms with Crippen LogP contribution in [-0.2, 0) is 11.3 Å². The molecule has 0 fully saturated rings. The molecule has 0 aliphatic carbocycles. The topological polar surface area (TPSA) is 89.3 Å². The minimum absolute atomic E-state index is 0.0246. The number of anilines is 4. The van der Waals surface area contributed by atoms with Crippen molar-refractivity contribution in [1.29, 1.82) is 0 Å². The van der Waals surface area contributed by atoms with Crippen molar-refractivity contribution >= 4 is 73.9 Å². The number of hydrogen-bond donors (Lipinski definition) is 3. The van der Waals surface area contributed by atoms with Gasteiger partial charge in [0.25, 0.3) is 0 Å². The summed E-state index contributed by atoms with van der Waals surface area (Å²) in [6, 6.07) is 24.4. The van der Waals surface area contributed by atoms with Gasteiger partial charge in [-0.1, -0.05) is 53.0 Å². The number of nitrogen functional groups attached to an aromatic ring is 1. The number of benzene rings is 4. The first-order valence-electron chi connectivity index (χ1n) is 11.2. The quantitative estimate of drug-likeness (QED) is 0.162. The zero-order chi connectivity index (χ0) is 25.2. The van der Waals surface area contributed by atoms with Gasteiger partial charge in [0.15, 0.2) is 0 Å². The zero-order valence-electron chi connectivity index (χ0n) is 19.3. The molecule has 0 atom stereocenters. The Bertz CT molecular complexity index is 1600. The third kappa shape index (κ3) is 5.30. The van der Waals surface area contributed by atoms with Gasteiger partial charge in [-0.3, -0.25) is 5.32 Å². The van der Waals surface area contributed by atoms with Gasteiger partial charge in [0.05, 0.1) is 16.7 Å². The average Bonchev–Trinajstić information content (AvgIpc) is 2.82. The van der Waals surface area contributed by atoms with E-state index in [1.807, 2.05) is 48.5 Å². The van der Waals surface area contributed by atoms with Crippen LogP contribution >= 0.6 is 23.2 Å². The monoisotopic (exact) mass is 516 g/mol. The Kier molecular flexibility index (Phi) is 6.55. The lowest BCUT2D eigenvalue weighted by molar-refractivity contribution is 0.155. The minimum atomic E-state index is -0.633. The molecule has 0 bridgehead atoms. The fourth-order valence-electron chi connectivity index (χ4n) is 4.09. The fraction of sp³-hybridized carbons (Fsp3) is 0.0714. The Morgan fingerprint density at radius 3 is 2.44 bits per heavy atom. The lowest BCUT2D eigenvalue weighted by Gasteiger charge is -2.15. The molecule has 1 aromatic heterocycles. The molecule has 4 aromatic carbocycles. The largest absolute Gasteiger partial charge is 0.444 e. The van der Waals surface area contributed by atoms with Gasteiger partial charge in [-0.05, 0) is 67.1 Å². The average molecular weight is 517 g/mol. The van der Waals surface area contributed by atoms with Crippen LogP contribution in [0.2, 0.25) is 10.0 Å². The molecule has 0 saturated carbocycles. The first kappa shape index (κ1) is 23.7. The molecule has 0 spiro atoms. The Labute approximate surface area is 218 Å². The van der Waals surface area contributed by atoms with E-state index in [4.69, 9.17) is 38.7 Å². The number of nitrogens with two attached hydrogens (primary N) is 1. The van der Waals surface area contributed by atoms with Gasteiger partial charge < -0.3 is 15.8 Å². The number of carbonyl (C=O) groups is 1. The van der Waals surface area contributed by atoms with E-state index in [2.05, 4.69) is 23.6 Å². The summed E-state index contributed by atoms with van der Waals surface area (Å²) in [4.78, 5) is 17.1. The Balaban J connectivity index is 1.40. The lowest BCUT2D eigenvalue weighted by Crippen LogP contribution is -2.13. The number of fused-ring (bicyclic) bond motifs is 2. The predicted octanol–water partition coefficient (Wildman–Crippen LogP) is 8.08. The first-order valence-corrected chi connectivity index (χ1v) is 11.9. The molecule has 180 valence electrons. The van der Waals surface area contributed by atoms with E-state index in [-0.39, 0.29) is 6.61 Å². The van der Waals surface area contributed by atoms with Crippen LogP contribution in [0.3, 0.4) is 0 Å². The number of para-hydroxylation sites is 1. The second kappa shape index (κ2) is 9.93. The van der Waals surface area contributed by atoms with Gasteiger partial charge in [-0.2, -0.15) is 0 Å². The van der Waals surface area contributed by atoms with Gasteiger partial charge in [-0.15, -0.1) is 0 Å². The van der Waals surface area contributed by atoms with E-state index >= 15 is 0 Å². The third-order valence-corrected chi connectivity index (χ3v) is 6.04. The fourth-order valence-corrected chi connectivity index (χ4v) is 4.61. The van der Waals surface area contributed by atoms with E-state index in [1.165, 1.54) is 0 Å². The summed E-state index contributed by atoms with van der Waals surface area (Å²) in [5.41, 5.74) is 12.5. The number of nitrogens with one attached hydrogen (secondary N) is 2. The number of carbonyl (C=O) groups excluding carboxylic acids is 1. The lowest BCUT2D eigenvalue weighted by atomic mass is 10.0. The van der Waals surface area contributed by atoms with Crippen molar-refractivity contribution < 1.29 is 9.53 Å². The molecule has 6 nitrogen and oxygen atoms in total. The summed E-state index contributed by atoms with van der Waals surface area (Å²) < 4.78 is 5.40. The molecule has 5 aromatic rings. The maximum atomic E-state index is 12.3. The number of hydrogen-bond acceptors (Lipinski definition) is 5. The molecule has 1 amide bonds. The van der Waals surface area contributed by atoms with Gasteiger partial charge in [0.2, 0.25) is 0 Å². The highest BCUT2D eigenvalue weighted by Crippen LogP contribution is 2.34. The number of nitrogens with zero attached hydrogens (tertiary/aromatic N) is 1.